The molecule has 176 valence electrons. The van der Waals surface area contributed by atoms with E-state index >= 15 is 0 Å². The molecule has 1 unspecified atom stereocenters. The Kier molecular flexibility index (Phi) is 8.66. The van der Waals surface area contributed by atoms with Crippen molar-refractivity contribution in [3.8, 4) is 0 Å². The van der Waals surface area contributed by atoms with Crippen LogP contribution < -0.4 is 15.4 Å². The van der Waals surface area contributed by atoms with E-state index in [1.807, 2.05) is 6.07 Å². The second-order valence-electron chi connectivity index (χ2n) is 8.01. The quantitative estimate of drug-likeness (QED) is 0.473. The molecule has 1 atom stereocenters. The summed E-state index contributed by atoms with van der Waals surface area (Å²) < 4.78 is 30.4. The summed E-state index contributed by atoms with van der Waals surface area (Å²) in [6, 6.07) is 6.02. The van der Waals surface area contributed by atoms with E-state index in [1.54, 1.807) is 14.0 Å². The summed E-state index contributed by atoms with van der Waals surface area (Å²) in [5.74, 6) is 0.853. The molecule has 2 aromatic rings. The van der Waals surface area contributed by atoms with Crippen LogP contribution in [0.5, 0.6) is 0 Å². The molecule has 0 saturated carbocycles. The number of anilines is 3. The molecular formula is C21H31ClN6O3S. The maximum Gasteiger partial charge on any atom is 0.229 e. The van der Waals surface area contributed by atoms with Gasteiger partial charge in [0, 0.05) is 45.0 Å². The average Bonchev–Trinajstić information content (AvgIpc) is 2.93. The third kappa shape index (κ3) is 7.56. The summed E-state index contributed by atoms with van der Waals surface area (Å²) in [7, 11) is -1.55. The molecule has 0 bridgehead atoms. The maximum absolute atomic E-state index is 11.4. The Morgan fingerprint density at radius 3 is 2.72 bits per heavy atom. The summed E-state index contributed by atoms with van der Waals surface area (Å²) in [6.45, 7) is 5.82. The molecule has 2 heterocycles. The van der Waals surface area contributed by atoms with E-state index in [-0.39, 0.29) is 6.04 Å². The van der Waals surface area contributed by atoms with Gasteiger partial charge < -0.3 is 20.3 Å². The van der Waals surface area contributed by atoms with Crippen LogP contribution in [0.15, 0.2) is 24.4 Å². The number of methoxy groups -OCH3 is 1. The van der Waals surface area contributed by atoms with Gasteiger partial charge in [0.05, 0.1) is 19.1 Å². The maximum atomic E-state index is 11.4. The van der Waals surface area contributed by atoms with Crippen molar-refractivity contribution in [1.29, 1.82) is 0 Å². The van der Waals surface area contributed by atoms with Crippen LogP contribution in [0.2, 0.25) is 5.02 Å². The highest BCUT2D eigenvalue weighted by Crippen LogP contribution is 2.24. The predicted octanol–water partition coefficient (Wildman–Crippen LogP) is 2.27. The molecule has 0 radical (unpaired) electrons. The fourth-order valence-corrected chi connectivity index (χ4v) is 4.60. The first-order valence-electron chi connectivity index (χ1n) is 10.6. The van der Waals surface area contributed by atoms with Gasteiger partial charge in [-0.1, -0.05) is 17.7 Å². The van der Waals surface area contributed by atoms with Gasteiger partial charge in [-0.3, -0.25) is 0 Å². The molecule has 1 aliphatic heterocycles. The van der Waals surface area contributed by atoms with Crippen LogP contribution in [0.1, 0.15) is 18.1 Å². The zero-order chi connectivity index (χ0) is 23.1. The minimum absolute atomic E-state index is 0.319. The molecule has 0 saturated heterocycles. The van der Waals surface area contributed by atoms with Crippen molar-refractivity contribution in [3.63, 3.8) is 0 Å². The number of nitrogens with one attached hydrogen (secondary N) is 3. The van der Waals surface area contributed by atoms with Crippen LogP contribution >= 0.6 is 11.6 Å². The second-order valence-corrected chi connectivity index (χ2v) is 10.2. The predicted molar refractivity (Wildman–Crippen MR) is 128 cm³/mol. The van der Waals surface area contributed by atoms with E-state index in [2.05, 4.69) is 42.4 Å². The fraction of sp³-hybridized carbons (Fsp3) is 0.524. The Balaban J connectivity index is 1.64. The monoisotopic (exact) mass is 482 g/mol. The normalized spacial score (nSPS) is 15.6. The van der Waals surface area contributed by atoms with Gasteiger partial charge >= 0.3 is 0 Å². The number of aromatic nitrogens is 2. The molecule has 3 N–H and O–H groups in total. The number of nitrogens with zero attached hydrogens (tertiary/aromatic N) is 3. The summed E-state index contributed by atoms with van der Waals surface area (Å²) in [6.07, 6.45) is 4.64. The third-order valence-corrected chi connectivity index (χ3v) is 6.31. The van der Waals surface area contributed by atoms with Crippen molar-refractivity contribution in [3.05, 3.63) is 40.5 Å². The number of sulfonamides is 1. The highest BCUT2D eigenvalue weighted by atomic mass is 35.5. The molecule has 32 heavy (non-hydrogen) atoms. The van der Waals surface area contributed by atoms with Gasteiger partial charge in [0.2, 0.25) is 16.0 Å². The van der Waals surface area contributed by atoms with E-state index in [1.165, 1.54) is 17.3 Å². The number of hydrogen-bond acceptors (Lipinski definition) is 8. The second kappa shape index (κ2) is 11.2. The molecule has 0 amide bonds. The molecule has 0 fully saturated rings. The smallest absolute Gasteiger partial charge is 0.229 e. The largest absolute Gasteiger partial charge is 0.383 e. The first-order valence-corrected chi connectivity index (χ1v) is 12.8. The number of fused-ring (bicyclic) bond motifs is 1. The summed E-state index contributed by atoms with van der Waals surface area (Å²) in [5, 5.41) is 6.68. The van der Waals surface area contributed by atoms with Crippen molar-refractivity contribution < 1.29 is 13.2 Å². The minimum Gasteiger partial charge on any atom is -0.383 e. The van der Waals surface area contributed by atoms with Gasteiger partial charge in [0.15, 0.2) is 5.82 Å². The molecule has 0 aliphatic carbocycles. The molecular weight excluding hydrogens is 452 g/mol. The summed E-state index contributed by atoms with van der Waals surface area (Å²) >= 11 is 6.21. The van der Waals surface area contributed by atoms with Crippen LogP contribution in [-0.4, -0.2) is 75.5 Å². The van der Waals surface area contributed by atoms with Crippen LogP contribution in [0.3, 0.4) is 0 Å². The number of ether oxygens (including phenoxy) is 1. The summed E-state index contributed by atoms with van der Waals surface area (Å²) in [4.78, 5) is 11.1. The van der Waals surface area contributed by atoms with E-state index in [0.29, 0.717) is 23.3 Å². The van der Waals surface area contributed by atoms with Crippen LogP contribution in [0, 0.1) is 0 Å². The topological polar surface area (TPSA) is 108 Å². The number of hydrogen-bond donors (Lipinski definition) is 3. The third-order valence-electron chi connectivity index (χ3n) is 5.20. The first kappa shape index (κ1) is 24.7. The Hall–Kier alpha value is -1.98. The van der Waals surface area contributed by atoms with Crippen LogP contribution in [0.4, 0.5) is 17.5 Å². The zero-order valence-electron chi connectivity index (χ0n) is 18.7. The molecule has 0 spiro atoms. The SMILES string of the molecule is COCCN1CCc2ccc(Nc3ncc(Cl)c(NCC(C)NS(C)(=O)=O)n3)cc2CC1. The molecule has 9 nitrogen and oxygen atoms in total. The Morgan fingerprint density at radius 1 is 1.25 bits per heavy atom. The number of rotatable bonds is 10. The Morgan fingerprint density at radius 2 is 2.00 bits per heavy atom. The van der Waals surface area contributed by atoms with Gasteiger partial charge in [-0.25, -0.2) is 18.1 Å². The molecule has 1 aliphatic rings. The standard InChI is InChI=1S/C21H31ClN6O3S/c1-15(27-32(3,29)30)13-23-20-19(22)14-24-21(26-20)25-18-5-4-16-6-8-28(10-11-31-2)9-7-17(16)12-18/h4-5,12,14-15,27H,6-11,13H2,1-3H3,(H2,23,24,25,26). The van der Waals surface area contributed by atoms with E-state index in [4.69, 9.17) is 16.3 Å². The number of halogens is 1. The van der Waals surface area contributed by atoms with Crippen molar-refractivity contribution in [2.75, 3.05) is 56.8 Å². The average molecular weight is 483 g/mol. The molecule has 1 aromatic carbocycles. The number of benzene rings is 1. The zero-order valence-corrected chi connectivity index (χ0v) is 20.3. The van der Waals surface area contributed by atoms with Crippen LogP contribution in [-0.2, 0) is 27.6 Å². The van der Waals surface area contributed by atoms with Crippen molar-refractivity contribution in [2.24, 2.45) is 0 Å². The van der Waals surface area contributed by atoms with Gasteiger partial charge in [-0.15, -0.1) is 0 Å². The highest BCUT2D eigenvalue weighted by molar-refractivity contribution is 7.88. The van der Waals surface area contributed by atoms with E-state index in [9.17, 15) is 8.42 Å². The van der Waals surface area contributed by atoms with Crippen molar-refractivity contribution in [1.82, 2.24) is 19.6 Å². The van der Waals surface area contributed by atoms with Crippen molar-refractivity contribution in [2.45, 2.75) is 25.8 Å². The fourth-order valence-electron chi connectivity index (χ4n) is 3.63. The van der Waals surface area contributed by atoms with Gasteiger partial charge in [0.25, 0.3) is 0 Å². The van der Waals surface area contributed by atoms with Gasteiger partial charge in [-0.05, 0) is 43.0 Å². The highest BCUT2D eigenvalue weighted by Gasteiger charge is 2.15. The Labute approximate surface area is 195 Å². The molecule has 3 rings (SSSR count). The van der Waals surface area contributed by atoms with Gasteiger partial charge in [-0.2, -0.15) is 4.98 Å². The van der Waals surface area contributed by atoms with E-state index in [0.717, 1.165) is 51.0 Å². The lowest BCUT2D eigenvalue weighted by Gasteiger charge is -2.18. The lowest BCUT2D eigenvalue weighted by atomic mass is 10.0. The molecule has 1 aromatic heterocycles. The van der Waals surface area contributed by atoms with Gasteiger partial charge in [0.1, 0.15) is 5.02 Å². The lowest BCUT2D eigenvalue weighted by Crippen LogP contribution is -2.36. The first-order chi connectivity index (χ1) is 15.2. The van der Waals surface area contributed by atoms with Crippen molar-refractivity contribution >= 4 is 39.1 Å². The van der Waals surface area contributed by atoms with Crippen LogP contribution in [0.25, 0.3) is 0 Å². The minimum atomic E-state index is -3.28. The summed E-state index contributed by atoms with van der Waals surface area (Å²) in [5.41, 5.74) is 3.60. The Bertz CT molecular complexity index is 1020. The van der Waals surface area contributed by atoms with E-state index < -0.39 is 10.0 Å². The molecule has 11 heteroatoms. The lowest BCUT2D eigenvalue weighted by molar-refractivity contribution is 0.150.